The summed E-state index contributed by atoms with van der Waals surface area (Å²) in [7, 11) is 0. The second kappa shape index (κ2) is 7.04. The lowest BCUT2D eigenvalue weighted by atomic mass is 9.98. The quantitative estimate of drug-likeness (QED) is 0.258. The SMILES string of the molecule is c1ccc(-n2c3ccccc3c3cccc(-c4nc5ccccc5c5ccccc45)c32)cc1. The molecule has 7 aromatic rings. The summed E-state index contributed by atoms with van der Waals surface area (Å²) in [6, 6.07) is 42.9. The molecule has 0 aliphatic carbocycles. The van der Waals surface area contributed by atoms with Gasteiger partial charge in [-0.1, -0.05) is 97.1 Å². The largest absolute Gasteiger partial charge is 0.309 e. The van der Waals surface area contributed by atoms with Crippen LogP contribution in [0.4, 0.5) is 0 Å². The third kappa shape index (κ3) is 2.64. The number of hydrogen-bond acceptors (Lipinski definition) is 1. The van der Waals surface area contributed by atoms with Gasteiger partial charge in [-0.05, 0) is 29.7 Å². The van der Waals surface area contributed by atoms with Crippen LogP contribution in [0.15, 0.2) is 121 Å². The van der Waals surface area contributed by atoms with Crippen molar-refractivity contribution in [3.63, 3.8) is 0 Å². The molecule has 0 amide bonds. The van der Waals surface area contributed by atoms with Crippen molar-refractivity contribution in [1.82, 2.24) is 9.55 Å². The van der Waals surface area contributed by atoms with Gasteiger partial charge in [0.1, 0.15) is 0 Å². The molecule has 33 heavy (non-hydrogen) atoms. The van der Waals surface area contributed by atoms with E-state index in [1.54, 1.807) is 0 Å². The molecule has 0 spiro atoms. The minimum atomic E-state index is 1.02. The highest BCUT2D eigenvalue weighted by Gasteiger charge is 2.18. The summed E-state index contributed by atoms with van der Waals surface area (Å²) in [4.78, 5) is 5.22. The normalized spacial score (nSPS) is 11.6. The predicted octanol–water partition coefficient (Wildman–Crippen LogP) is 8.15. The lowest BCUT2D eigenvalue weighted by molar-refractivity contribution is 1.18. The molecule has 0 aliphatic rings. The Morgan fingerprint density at radius 2 is 1.09 bits per heavy atom. The molecule has 154 valence electrons. The fourth-order valence-corrected chi connectivity index (χ4v) is 5.16. The fourth-order valence-electron chi connectivity index (χ4n) is 5.16. The Bertz CT molecular complexity index is 1810. The standard InChI is InChI=1S/C31H20N2/c1-2-11-21(12-3-1)33-29-20-9-7-15-24(29)26-17-10-18-27(31(26)33)30-25-16-5-4-13-22(25)23-14-6-8-19-28(23)32-30/h1-20H. The Hall–Kier alpha value is -4.43. The van der Waals surface area contributed by atoms with Gasteiger partial charge in [0, 0.05) is 32.8 Å². The van der Waals surface area contributed by atoms with Crippen LogP contribution >= 0.6 is 0 Å². The van der Waals surface area contributed by atoms with Gasteiger partial charge in [0.15, 0.2) is 0 Å². The van der Waals surface area contributed by atoms with E-state index in [1.165, 1.54) is 38.0 Å². The summed E-state index contributed by atoms with van der Waals surface area (Å²) in [5.41, 5.74) is 6.74. The number of para-hydroxylation sites is 4. The first-order valence-electron chi connectivity index (χ1n) is 11.3. The van der Waals surface area contributed by atoms with Gasteiger partial charge in [-0.3, -0.25) is 0 Å². The van der Waals surface area contributed by atoms with E-state index in [2.05, 4.69) is 126 Å². The maximum atomic E-state index is 5.22. The van der Waals surface area contributed by atoms with Crippen LogP contribution in [0.3, 0.4) is 0 Å². The zero-order valence-corrected chi connectivity index (χ0v) is 17.9. The van der Waals surface area contributed by atoms with Crippen LogP contribution < -0.4 is 0 Å². The van der Waals surface area contributed by atoms with Gasteiger partial charge in [-0.2, -0.15) is 0 Å². The van der Waals surface area contributed by atoms with Crippen molar-refractivity contribution < 1.29 is 0 Å². The molecular weight excluding hydrogens is 400 g/mol. The molecule has 0 unspecified atom stereocenters. The average molecular weight is 421 g/mol. The number of hydrogen-bond donors (Lipinski definition) is 0. The highest BCUT2D eigenvalue weighted by molar-refractivity contribution is 6.17. The van der Waals surface area contributed by atoms with E-state index >= 15 is 0 Å². The number of pyridine rings is 1. The molecular formula is C31H20N2. The van der Waals surface area contributed by atoms with E-state index in [-0.39, 0.29) is 0 Å². The minimum absolute atomic E-state index is 1.02. The molecule has 2 nitrogen and oxygen atoms in total. The van der Waals surface area contributed by atoms with Crippen LogP contribution in [0.2, 0.25) is 0 Å². The summed E-state index contributed by atoms with van der Waals surface area (Å²) in [5, 5.41) is 6.09. The monoisotopic (exact) mass is 420 g/mol. The molecule has 0 atom stereocenters. The van der Waals surface area contributed by atoms with E-state index < -0.39 is 0 Å². The van der Waals surface area contributed by atoms with Crippen molar-refractivity contribution in [2.75, 3.05) is 0 Å². The first-order chi connectivity index (χ1) is 16.4. The zero-order valence-electron chi connectivity index (χ0n) is 17.9. The van der Waals surface area contributed by atoms with Gasteiger partial charge in [0.2, 0.25) is 0 Å². The number of aromatic nitrogens is 2. The van der Waals surface area contributed by atoms with Crippen LogP contribution in [0.25, 0.3) is 60.4 Å². The van der Waals surface area contributed by atoms with Crippen LogP contribution in [0.5, 0.6) is 0 Å². The molecule has 2 heteroatoms. The second-order valence-corrected chi connectivity index (χ2v) is 8.41. The summed E-state index contributed by atoms with van der Waals surface area (Å²) in [6.07, 6.45) is 0. The van der Waals surface area contributed by atoms with Crippen molar-refractivity contribution in [3.05, 3.63) is 121 Å². The lowest BCUT2D eigenvalue weighted by Crippen LogP contribution is -1.96. The predicted molar refractivity (Wildman–Crippen MR) is 139 cm³/mol. The second-order valence-electron chi connectivity index (χ2n) is 8.41. The van der Waals surface area contributed by atoms with Crippen LogP contribution in [0, 0.1) is 0 Å². The zero-order chi connectivity index (χ0) is 21.8. The van der Waals surface area contributed by atoms with Crippen molar-refractivity contribution in [3.8, 4) is 16.9 Å². The van der Waals surface area contributed by atoms with Gasteiger partial charge < -0.3 is 4.57 Å². The Morgan fingerprint density at radius 1 is 0.455 bits per heavy atom. The molecule has 0 saturated heterocycles. The number of fused-ring (bicyclic) bond motifs is 6. The van der Waals surface area contributed by atoms with E-state index in [1.807, 2.05) is 0 Å². The molecule has 2 aromatic heterocycles. The van der Waals surface area contributed by atoms with E-state index in [9.17, 15) is 0 Å². The Morgan fingerprint density at radius 3 is 1.94 bits per heavy atom. The van der Waals surface area contributed by atoms with Crippen molar-refractivity contribution >= 4 is 43.5 Å². The van der Waals surface area contributed by atoms with Crippen molar-refractivity contribution in [1.29, 1.82) is 0 Å². The topological polar surface area (TPSA) is 17.8 Å². The molecule has 0 bridgehead atoms. The molecule has 0 fully saturated rings. The van der Waals surface area contributed by atoms with Crippen LogP contribution in [-0.4, -0.2) is 9.55 Å². The van der Waals surface area contributed by atoms with Crippen LogP contribution in [-0.2, 0) is 0 Å². The van der Waals surface area contributed by atoms with Gasteiger partial charge in [-0.15, -0.1) is 0 Å². The van der Waals surface area contributed by atoms with Gasteiger partial charge in [0.05, 0.1) is 22.2 Å². The average Bonchev–Trinajstić information content (AvgIpc) is 3.23. The first kappa shape index (κ1) is 18.2. The van der Waals surface area contributed by atoms with Gasteiger partial charge >= 0.3 is 0 Å². The molecule has 0 N–H and O–H groups in total. The third-order valence-electron chi connectivity index (χ3n) is 6.57. The van der Waals surface area contributed by atoms with E-state index in [0.29, 0.717) is 0 Å². The Kier molecular flexibility index (Phi) is 3.88. The molecule has 0 radical (unpaired) electrons. The highest BCUT2D eigenvalue weighted by atomic mass is 15.0. The maximum Gasteiger partial charge on any atom is 0.0809 e. The lowest BCUT2D eigenvalue weighted by Gasteiger charge is -2.14. The number of rotatable bonds is 2. The van der Waals surface area contributed by atoms with Crippen LogP contribution in [0.1, 0.15) is 0 Å². The Labute approximate surface area is 191 Å². The molecule has 2 heterocycles. The summed E-state index contributed by atoms with van der Waals surface area (Å²) in [6.45, 7) is 0. The number of nitrogens with zero attached hydrogens (tertiary/aromatic N) is 2. The number of benzene rings is 5. The van der Waals surface area contributed by atoms with Crippen molar-refractivity contribution in [2.24, 2.45) is 0 Å². The minimum Gasteiger partial charge on any atom is -0.309 e. The third-order valence-corrected chi connectivity index (χ3v) is 6.57. The van der Waals surface area contributed by atoms with Gasteiger partial charge in [0.25, 0.3) is 0 Å². The van der Waals surface area contributed by atoms with Crippen molar-refractivity contribution in [2.45, 2.75) is 0 Å². The molecule has 0 aliphatic heterocycles. The highest BCUT2D eigenvalue weighted by Crippen LogP contribution is 2.40. The molecule has 7 rings (SSSR count). The first-order valence-corrected chi connectivity index (χ1v) is 11.3. The van der Waals surface area contributed by atoms with E-state index in [4.69, 9.17) is 4.98 Å². The maximum absolute atomic E-state index is 5.22. The smallest absolute Gasteiger partial charge is 0.0809 e. The summed E-state index contributed by atoms with van der Waals surface area (Å²) in [5.74, 6) is 0. The Balaban J connectivity index is 1.70. The fraction of sp³-hybridized carbons (Fsp3) is 0. The molecule has 5 aromatic carbocycles. The van der Waals surface area contributed by atoms with Gasteiger partial charge in [-0.25, -0.2) is 4.98 Å². The molecule has 0 saturated carbocycles. The summed E-state index contributed by atoms with van der Waals surface area (Å²) >= 11 is 0. The summed E-state index contributed by atoms with van der Waals surface area (Å²) < 4.78 is 2.38. The van der Waals surface area contributed by atoms with E-state index in [0.717, 1.165) is 22.5 Å².